The number of amides is 1. The molecular formula is C16H23N5OS. The fourth-order valence-electron chi connectivity index (χ4n) is 3.08. The van der Waals surface area contributed by atoms with Crippen molar-refractivity contribution in [2.24, 2.45) is 5.92 Å². The van der Waals surface area contributed by atoms with E-state index in [0.717, 1.165) is 32.5 Å². The highest BCUT2D eigenvalue weighted by Gasteiger charge is 2.22. The summed E-state index contributed by atoms with van der Waals surface area (Å²) in [5.41, 5.74) is 1.29. The van der Waals surface area contributed by atoms with Crippen LogP contribution in [0, 0.1) is 5.92 Å². The van der Waals surface area contributed by atoms with Crippen molar-refractivity contribution in [3.63, 3.8) is 0 Å². The van der Waals surface area contributed by atoms with Gasteiger partial charge in [-0.1, -0.05) is 0 Å². The molecule has 23 heavy (non-hydrogen) atoms. The molecule has 1 N–H and O–H groups in total. The standard InChI is InChI=1S/C16H23N5OS/c22-16(18-5-3-14-4-7-23-11-14)10-20-6-1-2-15(8-20)9-21-13-17-12-19-21/h4,7,11-13,15H,1-3,5-6,8-10H2,(H,18,22)/t15-/m0/s1. The molecule has 2 aromatic rings. The van der Waals surface area contributed by atoms with Crippen molar-refractivity contribution in [2.75, 3.05) is 26.2 Å². The molecule has 0 radical (unpaired) electrons. The van der Waals surface area contributed by atoms with Gasteiger partial charge in [-0.3, -0.25) is 14.4 Å². The first-order chi connectivity index (χ1) is 11.3. The van der Waals surface area contributed by atoms with E-state index >= 15 is 0 Å². The fourth-order valence-corrected chi connectivity index (χ4v) is 3.78. The molecule has 0 aromatic carbocycles. The minimum atomic E-state index is 0.127. The zero-order chi connectivity index (χ0) is 15.9. The van der Waals surface area contributed by atoms with E-state index in [1.165, 1.54) is 12.0 Å². The van der Waals surface area contributed by atoms with Crippen LogP contribution >= 0.6 is 11.3 Å². The summed E-state index contributed by atoms with van der Waals surface area (Å²) in [5, 5.41) is 11.4. The summed E-state index contributed by atoms with van der Waals surface area (Å²) in [7, 11) is 0. The smallest absolute Gasteiger partial charge is 0.234 e. The summed E-state index contributed by atoms with van der Waals surface area (Å²) in [6.07, 6.45) is 6.57. The van der Waals surface area contributed by atoms with Crippen molar-refractivity contribution in [1.82, 2.24) is 25.0 Å². The Hall–Kier alpha value is -1.73. The van der Waals surface area contributed by atoms with E-state index in [1.54, 1.807) is 24.0 Å². The van der Waals surface area contributed by atoms with Crippen LogP contribution in [0.25, 0.3) is 0 Å². The van der Waals surface area contributed by atoms with Gasteiger partial charge in [-0.25, -0.2) is 4.98 Å². The summed E-state index contributed by atoms with van der Waals surface area (Å²) in [6, 6.07) is 2.11. The minimum Gasteiger partial charge on any atom is -0.355 e. The highest BCUT2D eigenvalue weighted by molar-refractivity contribution is 7.07. The Morgan fingerprint density at radius 3 is 3.22 bits per heavy atom. The number of likely N-dealkylation sites (tertiary alicyclic amines) is 1. The Bertz CT molecular complexity index is 584. The van der Waals surface area contributed by atoms with Gasteiger partial charge in [0, 0.05) is 19.6 Å². The first kappa shape index (κ1) is 16.1. The third kappa shape index (κ3) is 5.14. The molecular weight excluding hydrogens is 310 g/mol. The van der Waals surface area contributed by atoms with Crippen LogP contribution in [0.2, 0.25) is 0 Å². The molecule has 0 unspecified atom stereocenters. The second kappa shape index (κ2) is 8.21. The van der Waals surface area contributed by atoms with E-state index in [9.17, 15) is 4.79 Å². The van der Waals surface area contributed by atoms with E-state index in [2.05, 4.69) is 37.1 Å². The molecule has 3 heterocycles. The predicted molar refractivity (Wildman–Crippen MR) is 90.2 cm³/mol. The minimum absolute atomic E-state index is 0.127. The largest absolute Gasteiger partial charge is 0.355 e. The van der Waals surface area contributed by atoms with Gasteiger partial charge in [-0.05, 0) is 54.1 Å². The van der Waals surface area contributed by atoms with Crippen LogP contribution in [0.3, 0.4) is 0 Å². The van der Waals surface area contributed by atoms with Gasteiger partial charge in [0.05, 0.1) is 6.54 Å². The Morgan fingerprint density at radius 1 is 1.48 bits per heavy atom. The monoisotopic (exact) mass is 333 g/mol. The first-order valence-corrected chi connectivity index (χ1v) is 9.06. The first-order valence-electron chi connectivity index (χ1n) is 8.12. The van der Waals surface area contributed by atoms with Gasteiger partial charge in [0.25, 0.3) is 0 Å². The number of carbonyl (C=O) groups excluding carboxylic acids is 1. The zero-order valence-electron chi connectivity index (χ0n) is 13.2. The molecule has 124 valence electrons. The van der Waals surface area contributed by atoms with Crippen LogP contribution in [0.15, 0.2) is 29.5 Å². The van der Waals surface area contributed by atoms with Crippen LogP contribution in [-0.4, -0.2) is 51.8 Å². The second-order valence-electron chi connectivity index (χ2n) is 6.09. The van der Waals surface area contributed by atoms with Crippen LogP contribution in [0.5, 0.6) is 0 Å². The molecule has 0 bridgehead atoms. The number of aromatic nitrogens is 3. The van der Waals surface area contributed by atoms with Crippen LogP contribution in [-0.2, 0) is 17.8 Å². The van der Waals surface area contributed by atoms with Crippen molar-refractivity contribution in [1.29, 1.82) is 0 Å². The number of hydrogen-bond donors (Lipinski definition) is 1. The van der Waals surface area contributed by atoms with E-state index in [-0.39, 0.29) is 5.91 Å². The average Bonchev–Trinajstić information content (AvgIpc) is 3.21. The Kier molecular flexibility index (Phi) is 5.76. The molecule has 2 aromatic heterocycles. The maximum atomic E-state index is 12.1. The third-order valence-corrected chi connectivity index (χ3v) is 4.93. The molecule has 1 fully saturated rings. The van der Waals surface area contributed by atoms with E-state index in [1.807, 2.05) is 4.68 Å². The average molecular weight is 333 g/mol. The fraction of sp³-hybridized carbons (Fsp3) is 0.562. The van der Waals surface area contributed by atoms with Crippen molar-refractivity contribution < 1.29 is 4.79 Å². The molecule has 1 aliphatic heterocycles. The molecule has 1 aliphatic rings. The summed E-state index contributed by atoms with van der Waals surface area (Å²) in [4.78, 5) is 18.3. The van der Waals surface area contributed by atoms with E-state index in [0.29, 0.717) is 19.0 Å². The van der Waals surface area contributed by atoms with Crippen LogP contribution in [0.4, 0.5) is 0 Å². The molecule has 3 rings (SSSR count). The molecule has 6 nitrogen and oxygen atoms in total. The van der Waals surface area contributed by atoms with E-state index in [4.69, 9.17) is 0 Å². The van der Waals surface area contributed by atoms with Crippen molar-refractivity contribution in [3.05, 3.63) is 35.0 Å². The van der Waals surface area contributed by atoms with Crippen LogP contribution in [0.1, 0.15) is 18.4 Å². The van der Waals surface area contributed by atoms with Crippen molar-refractivity contribution in [2.45, 2.75) is 25.8 Å². The predicted octanol–water partition coefficient (Wildman–Crippen LogP) is 1.41. The molecule has 0 spiro atoms. The van der Waals surface area contributed by atoms with Gasteiger partial charge < -0.3 is 5.32 Å². The highest BCUT2D eigenvalue weighted by atomic mass is 32.1. The molecule has 0 aliphatic carbocycles. The summed E-state index contributed by atoms with van der Waals surface area (Å²) >= 11 is 1.70. The number of carbonyl (C=O) groups is 1. The zero-order valence-corrected chi connectivity index (χ0v) is 14.0. The summed E-state index contributed by atoms with van der Waals surface area (Å²) in [6.45, 7) is 4.06. The Balaban J connectivity index is 1.37. The number of rotatable bonds is 7. The lowest BCUT2D eigenvalue weighted by molar-refractivity contribution is -0.122. The van der Waals surface area contributed by atoms with Gasteiger partial charge in [-0.15, -0.1) is 0 Å². The summed E-state index contributed by atoms with van der Waals surface area (Å²) < 4.78 is 1.88. The number of nitrogens with zero attached hydrogens (tertiary/aromatic N) is 4. The molecule has 1 saturated heterocycles. The lowest BCUT2D eigenvalue weighted by Gasteiger charge is -2.32. The Labute approximate surface area is 140 Å². The maximum absolute atomic E-state index is 12.1. The topological polar surface area (TPSA) is 63.1 Å². The van der Waals surface area contributed by atoms with E-state index < -0.39 is 0 Å². The summed E-state index contributed by atoms with van der Waals surface area (Å²) in [5.74, 6) is 0.672. The molecule has 1 atom stereocenters. The number of nitrogens with one attached hydrogen (secondary N) is 1. The number of piperidine rings is 1. The third-order valence-electron chi connectivity index (χ3n) is 4.20. The van der Waals surface area contributed by atoms with Crippen LogP contribution < -0.4 is 5.32 Å². The van der Waals surface area contributed by atoms with Crippen molar-refractivity contribution >= 4 is 17.2 Å². The second-order valence-corrected chi connectivity index (χ2v) is 6.87. The molecule has 1 amide bonds. The number of thiophene rings is 1. The number of hydrogen-bond acceptors (Lipinski definition) is 5. The van der Waals surface area contributed by atoms with Gasteiger partial charge in [0.15, 0.2) is 0 Å². The Morgan fingerprint density at radius 2 is 2.43 bits per heavy atom. The van der Waals surface area contributed by atoms with Gasteiger partial charge in [0.1, 0.15) is 12.7 Å². The van der Waals surface area contributed by atoms with Crippen molar-refractivity contribution in [3.8, 4) is 0 Å². The maximum Gasteiger partial charge on any atom is 0.234 e. The SMILES string of the molecule is O=C(CN1CCC[C@H](Cn2cncn2)C1)NCCc1ccsc1. The van der Waals surface area contributed by atoms with Gasteiger partial charge >= 0.3 is 0 Å². The quantitative estimate of drug-likeness (QED) is 0.832. The lowest BCUT2D eigenvalue weighted by atomic mass is 9.98. The lowest BCUT2D eigenvalue weighted by Crippen LogP contribution is -2.43. The van der Waals surface area contributed by atoms with Gasteiger partial charge in [-0.2, -0.15) is 16.4 Å². The highest BCUT2D eigenvalue weighted by Crippen LogP contribution is 2.17. The molecule has 7 heteroatoms. The normalized spacial score (nSPS) is 18.9. The molecule has 0 saturated carbocycles. The van der Waals surface area contributed by atoms with Gasteiger partial charge in [0.2, 0.25) is 5.91 Å².